The molecule has 1 unspecified atom stereocenters. The maximum Gasteiger partial charge on any atom is 0.216 e. The van der Waals surface area contributed by atoms with E-state index in [2.05, 4.69) is 5.32 Å². The minimum Gasteiger partial charge on any atom is -0.388 e. The first-order chi connectivity index (χ1) is 8.02. The number of halogens is 2. The van der Waals surface area contributed by atoms with E-state index in [1.807, 2.05) is 0 Å². The van der Waals surface area contributed by atoms with Crippen molar-refractivity contribution in [2.45, 2.75) is 25.9 Å². The Kier molecular flexibility index (Phi) is 5.38. The van der Waals surface area contributed by atoms with Gasteiger partial charge in [-0.25, -0.2) is 4.39 Å². The van der Waals surface area contributed by atoms with Crippen molar-refractivity contribution in [1.29, 1.82) is 0 Å². The summed E-state index contributed by atoms with van der Waals surface area (Å²) in [5, 5.41) is 12.4. The average Bonchev–Trinajstić information content (AvgIpc) is 2.27. The Morgan fingerprint density at radius 1 is 1.59 bits per heavy atom. The maximum atomic E-state index is 13.1. The van der Waals surface area contributed by atoms with Crippen LogP contribution in [0, 0.1) is 5.82 Å². The van der Waals surface area contributed by atoms with Crippen LogP contribution < -0.4 is 5.32 Å². The van der Waals surface area contributed by atoms with E-state index in [1.165, 1.54) is 19.1 Å². The molecule has 1 aromatic rings. The summed E-state index contributed by atoms with van der Waals surface area (Å²) in [5.41, 5.74) is 0.384. The van der Waals surface area contributed by atoms with Crippen molar-refractivity contribution in [3.63, 3.8) is 0 Å². The summed E-state index contributed by atoms with van der Waals surface area (Å²) >= 11 is 5.75. The highest BCUT2D eigenvalue weighted by atomic mass is 35.5. The zero-order valence-electron chi connectivity index (χ0n) is 9.54. The number of aliphatic hydroxyl groups excluding tert-OH is 1. The molecule has 1 rings (SSSR count). The van der Waals surface area contributed by atoms with Gasteiger partial charge in [-0.05, 0) is 18.9 Å². The topological polar surface area (TPSA) is 49.3 Å². The SMILES string of the molecule is CC(=O)NCCCC(O)c1cccc(F)c1Cl. The van der Waals surface area contributed by atoms with E-state index in [0.29, 0.717) is 24.9 Å². The molecule has 0 saturated carbocycles. The van der Waals surface area contributed by atoms with Gasteiger partial charge in [-0.15, -0.1) is 0 Å². The number of benzene rings is 1. The Morgan fingerprint density at radius 3 is 2.94 bits per heavy atom. The molecule has 5 heteroatoms. The van der Waals surface area contributed by atoms with Crippen LogP contribution in [0.1, 0.15) is 31.4 Å². The summed E-state index contributed by atoms with van der Waals surface area (Å²) in [4.78, 5) is 10.6. The Hall–Kier alpha value is -1.13. The molecule has 1 atom stereocenters. The third kappa shape index (κ3) is 4.32. The molecule has 0 aliphatic heterocycles. The van der Waals surface area contributed by atoms with Crippen LogP contribution in [-0.2, 0) is 4.79 Å². The van der Waals surface area contributed by atoms with Gasteiger partial charge in [0.1, 0.15) is 5.82 Å². The van der Waals surface area contributed by atoms with Gasteiger partial charge >= 0.3 is 0 Å². The van der Waals surface area contributed by atoms with Gasteiger partial charge in [0.05, 0.1) is 11.1 Å². The van der Waals surface area contributed by atoms with Crippen LogP contribution >= 0.6 is 11.6 Å². The van der Waals surface area contributed by atoms with Gasteiger partial charge in [0.2, 0.25) is 5.91 Å². The van der Waals surface area contributed by atoms with Gasteiger partial charge in [-0.2, -0.15) is 0 Å². The summed E-state index contributed by atoms with van der Waals surface area (Å²) in [5.74, 6) is -0.645. The number of nitrogens with one attached hydrogen (secondary N) is 1. The van der Waals surface area contributed by atoms with Crippen LogP contribution in [0.2, 0.25) is 5.02 Å². The number of amides is 1. The summed E-state index contributed by atoms with van der Waals surface area (Å²) in [7, 11) is 0. The molecule has 0 aliphatic rings. The number of aliphatic hydroxyl groups is 1. The Morgan fingerprint density at radius 2 is 2.29 bits per heavy atom. The number of hydrogen-bond acceptors (Lipinski definition) is 2. The predicted molar refractivity (Wildman–Crippen MR) is 64.3 cm³/mol. The fourth-order valence-electron chi connectivity index (χ4n) is 1.49. The highest BCUT2D eigenvalue weighted by Gasteiger charge is 2.13. The fourth-order valence-corrected chi connectivity index (χ4v) is 1.75. The molecule has 0 bridgehead atoms. The first kappa shape index (κ1) is 13.9. The molecule has 1 aromatic carbocycles. The number of hydrogen-bond donors (Lipinski definition) is 2. The number of carbonyl (C=O) groups is 1. The van der Waals surface area contributed by atoms with E-state index in [9.17, 15) is 14.3 Å². The van der Waals surface area contributed by atoms with E-state index < -0.39 is 11.9 Å². The molecule has 94 valence electrons. The second-order valence-electron chi connectivity index (χ2n) is 3.78. The molecule has 3 nitrogen and oxygen atoms in total. The van der Waals surface area contributed by atoms with Crippen molar-refractivity contribution >= 4 is 17.5 Å². The zero-order chi connectivity index (χ0) is 12.8. The van der Waals surface area contributed by atoms with E-state index in [1.54, 1.807) is 6.07 Å². The van der Waals surface area contributed by atoms with Crippen molar-refractivity contribution < 1.29 is 14.3 Å². The van der Waals surface area contributed by atoms with Gasteiger partial charge < -0.3 is 10.4 Å². The van der Waals surface area contributed by atoms with E-state index in [-0.39, 0.29) is 10.9 Å². The molecule has 0 radical (unpaired) electrons. The lowest BCUT2D eigenvalue weighted by molar-refractivity contribution is -0.118. The van der Waals surface area contributed by atoms with Crippen LogP contribution in [0.4, 0.5) is 4.39 Å². The lowest BCUT2D eigenvalue weighted by atomic mass is 10.0. The number of rotatable bonds is 5. The molecular formula is C12H15ClFNO2. The van der Waals surface area contributed by atoms with Crippen LogP contribution in [0.3, 0.4) is 0 Å². The largest absolute Gasteiger partial charge is 0.388 e. The van der Waals surface area contributed by atoms with Crippen molar-refractivity contribution in [3.8, 4) is 0 Å². The van der Waals surface area contributed by atoms with Gasteiger partial charge in [0, 0.05) is 19.0 Å². The van der Waals surface area contributed by atoms with Crippen LogP contribution in [-0.4, -0.2) is 17.6 Å². The number of carbonyl (C=O) groups excluding carboxylic acids is 1. The lowest BCUT2D eigenvalue weighted by Gasteiger charge is -2.13. The molecule has 0 saturated heterocycles. The van der Waals surface area contributed by atoms with Crippen LogP contribution in [0.5, 0.6) is 0 Å². The predicted octanol–water partition coefficient (Wildman–Crippen LogP) is 2.43. The van der Waals surface area contributed by atoms with E-state index in [4.69, 9.17) is 11.6 Å². The van der Waals surface area contributed by atoms with E-state index >= 15 is 0 Å². The van der Waals surface area contributed by atoms with Crippen molar-refractivity contribution in [1.82, 2.24) is 5.32 Å². The van der Waals surface area contributed by atoms with Crippen molar-refractivity contribution in [2.75, 3.05) is 6.54 Å². The first-order valence-corrected chi connectivity index (χ1v) is 5.76. The smallest absolute Gasteiger partial charge is 0.216 e. The Bertz CT molecular complexity index is 398. The molecule has 0 fully saturated rings. The van der Waals surface area contributed by atoms with Gasteiger partial charge in [0.25, 0.3) is 0 Å². The molecular weight excluding hydrogens is 245 g/mol. The second-order valence-corrected chi connectivity index (χ2v) is 4.16. The van der Waals surface area contributed by atoms with Crippen LogP contribution in [0.25, 0.3) is 0 Å². The summed E-state index contributed by atoms with van der Waals surface area (Å²) in [6.07, 6.45) is 0.212. The normalized spacial score (nSPS) is 12.2. The van der Waals surface area contributed by atoms with Gasteiger partial charge in [0.15, 0.2) is 0 Å². The minimum atomic E-state index is -0.813. The average molecular weight is 260 g/mol. The molecule has 0 spiro atoms. The van der Waals surface area contributed by atoms with Gasteiger partial charge in [-0.3, -0.25) is 4.79 Å². The quantitative estimate of drug-likeness (QED) is 0.798. The highest BCUT2D eigenvalue weighted by molar-refractivity contribution is 6.31. The monoisotopic (exact) mass is 259 g/mol. The minimum absolute atomic E-state index is 0.0421. The van der Waals surface area contributed by atoms with Crippen molar-refractivity contribution in [3.05, 3.63) is 34.6 Å². The molecule has 2 N–H and O–H groups in total. The van der Waals surface area contributed by atoms with Crippen LogP contribution in [0.15, 0.2) is 18.2 Å². The Labute approximate surface area is 105 Å². The third-order valence-electron chi connectivity index (χ3n) is 2.37. The third-order valence-corrected chi connectivity index (χ3v) is 2.77. The zero-order valence-corrected chi connectivity index (χ0v) is 10.3. The van der Waals surface area contributed by atoms with E-state index in [0.717, 1.165) is 0 Å². The summed E-state index contributed by atoms with van der Waals surface area (Å²) < 4.78 is 13.1. The molecule has 1 amide bonds. The molecule has 0 aromatic heterocycles. The highest BCUT2D eigenvalue weighted by Crippen LogP contribution is 2.27. The molecule has 0 aliphatic carbocycles. The Balaban J connectivity index is 2.49. The standard InChI is InChI=1S/C12H15ClFNO2/c1-8(16)15-7-3-6-11(17)9-4-2-5-10(14)12(9)13/h2,4-5,11,17H,3,6-7H2,1H3,(H,15,16). The second kappa shape index (κ2) is 6.57. The fraction of sp³-hybridized carbons (Fsp3) is 0.417. The lowest BCUT2D eigenvalue weighted by Crippen LogP contribution is -2.21. The first-order valence-electron chi connectivity index (χ1n) is 5.38. The van der Waals surface area contributed by atoms with Crippen molar-refractivity contribution in [2.24, 2.45) is 0 Å². The summed E-state index contributed by atoms with van der Waals surface area (Å²) in [6.45, 7) is 1.92. The summed E-state index contributed by atoms with van der Waals surface area (Å²) in [6, 6.07) is 4.35. The molecule has 17 heavy (non-hydrogen) atoms. The van der Waals surface area contributed by atoms with Gasteiger partial charge in [-0.1, -0.05) is 23.7 Å². The molecule has 0 heterocycles. The maximum absolute atomic E-state index is 13.1.